The number of likely N-dealkylation sites (N-methyl/N-ethyl adjacent to an activating group) is 1. The van der Waals surface area contributed by atoms with E-state index in [1.807, 2.05) is 13.1 Å². The third-order valence-corrected chi connectivity index (χ3v) is 4.49. The predicted octanol–water partition coefficient (Wildman–Crippen LogP) is 4.66. The summed E-state index contributed by atoms with van der Waals surface area (Å²) in [5.74, 6) is -0.202. The highest BCUT2D eigenvalue weighted by Crippen LogP contribution is 2.20. The average molecular weight is 350 g/mol. The zero-order valence-electron chi connectivity index (χ0n) is 12.5. The lowest BCUT2D eigenvalue weighted by Gasteiger charge is -2.17. The summed E-state index contributed by atoms with van der Waals surface area (Å²) in [6, 6.07) is 13.9. The topological polar surface area (TPSA) is 12.0 Å². The van der Waals surface area contributed by atoms with Gasteiger partial charge in [-0.3, -0.25) is 0 Å². The second-order valence-corrected chi connectivity index (χ2v) is 6.31. The number of halogens is 2. The standard InChI is InChI=1S/C18H21BrFN/c1-13-4-3-5-14(10-13)6-9-17(21-2)11-15-7-8-16(20)12-18(15)19/h3-5,7-8,10,12,17,21H,6,9,11H2,1-2H3. The Bertz CT molecular complexity index is 598. The molecule has 0 aliphatic carbocycles. The fraction of sp³-hybridized carbons (Fsp3) is 0.333. The zero-order valence-corrected chi connectivity index (χ0v) is 14.1. The van der Waals surface area contributed by atoms with E-state index in [9.17, 15) is 4.39 Å². The van der Waals surface area contributed by atoms with Crippen LogP contribution in [0.2, 0.25) is 0 Å². The van der Waals surface area contributed by atoms with Gasteiger partial charge in [0.1, 0.15) is 5.82 Å². The van der Waals surface area contributed by atoms with Gasteiger partial charge < -0.3 is 5.32 Å². The van der Waals surface area contributed by atoms with E-state index in [1.54, 1.807) is 0 Å². The van der Waals surface area contributed by atoms with Gasteiger partial charge in [0.25, 0.3) is 0 Å². The van der Waals surface area contributed by atoms with Gasteiger partial charge in [0.05, 0.1) is 0 Å². The normalized spacial score (nSPS) is 12.4. The molecule has 1 atom stereocenters. The van der Waals surface area contributed by atoms with Crippen LogP contribution in [0, 0.1) is 12.7 Å². The van der Waals surface area contributed by atoms with Gasteiger partial charge in [0.2, 0.25) is 0 Å². The van der Waals surface area contributed by atoms with Crippen LogP contribution >= 0.6 is 15.9 Å². The molecule has 0 amide bonds. The van der Waals surface area contributed by atoms with Crippen LogP contribution in [0.1, 0.15) is 23.1 Å². The number of benzene rings is 2. The molecule has 0 spiro atoms. The predicted molar refractivity (Wildman–Crippen MR) is 90.2 cm³/mol. The molecule has 0 aliphatic rings. The summed E-state index contributed by atoms with van der Waals surface area (Å²) < 4.78 is 14.0. The second-order valence-electron chi connectivity index (χ2n) is 5.45. The highest BCUT2D eigenvalue weighted by atomic mass is 79.9. The molecule has 1 unspecified atom stereocenters. The number of aryl methyl sites for hydroxylation is 2. The molecule has 0 bridgehead atoms. The molecule has 112 valence electrons. The number of nitrogens with one attached hydrogen (secondary N) is 1. The van der Waals surface area contributed by atoms with Crippen molar-refractivity contribution in [3.8, 4) is 0 Å². The summed E-state index contributed by atoms with van der Waals surface area (Å²) in [6.07, 6.45) is 3.00. The van der Waals surface area contributed by atoms with Crippen molar-refractivity contribution in [2.75, 3.05) is 7.05 Å². The summed E-state index contributed by atoms with van der Waals surface area (Å²) in [5.41, 5.74) is 3.81. The number of rotatable bonds is 6. The van der Waals surface area contributed by atoms with E-state index in [1.165, 1.54) is 23.3 Å². The lowest BCUT2D eigenvalue weighted by Crippen LogP contribution is -2.28. The van der Waals surface area contributed by atoms with E-state index < -0.39 is 0 Å². The molecule has 0 radical (unpaired) electrons. The maximum absolute atomic E-state index is 13.1. The molecule has 0 aromatic heterocycles. The van der Waals surface area contributed by atoms with Crippen molar-refractivity contribution in [2.45, 2.75) is 32.2 Å². The summed E-state index contributed by atoms with van der Waals surface area (Å²) >= 11 is 3.44. The Balaban J connectivity index is 1.97. The molecule has 21 heavy (non-hydrogen) atoms. The van der Waals surface area contributed by atoms with Gasteiger partial charge >= 0.3 is 0 Å². The summed E-state index contributed by atoms with van der Waals surface area (Å²) in [6.45, 7) is 2.12. The maximum atomic E-state index is 13.1. The smallest absolute Gasteiger partial charge is 0.124 e. The van der Waals surface area contributed by atoms with Crippen LogP contribution in [-0.4, -0.2) is 13.1 Å². The van der Waals surface area contributed by atoms with E-state index in [-0.39, 0.29) is 5.82 Å². The molecule has 0 saturated carbocycles. The SMILES string of the molecule is CNC(CCc1cccc(C)c1)Cc1ccc(F)cc1Br. The third kappa shape index (κ3) is 4.94. The van der Waals surface area contributed by atoms with E-state index in [0.29, 0.717) is 6.04 Å². The largest absolute Gasteiger partial charge is 0.317 e. The first-order valence-electron chi connectivity index (χ1n) is 7.25. The summed E-state index contributed by atoms with van der Waals surface area (Å²) in [7, 11) is 1.98. The Morgan fingerprint density at radius 3 is 2.67 bits per heavy atom. The first-order valence-corrected chi connectivity index (χ1v) is 8.04. The van der Waals surface area contributed by atoms with E-state index in [4.69, 9.17) is 0 Å². The molecule has 1 nitrogen and oxygen atoms in total. The minimum atomic E-state index is -0.202. The van der Waals surface area contributed by atoms with Crippen LogP contribution < -0.4 is 5.32 Å². The van der Waals surface area contributed by atoms with Crippen molar-refractivity contribution < 1.29 is 4.39 Å². The van der Waals surface area contributed by atoms with Gasteiger partial charge in [0.15, 0.2) is 0 Å². The Morgan fingerprint density at radius 2 is 2.00 bits per heavy atom. The minimum absolute atomic E-state index is 0.202. The van der Waals surface area contributed by atoms with Crippen molar-refractivity contribution in [2.24, 2.45) is 0 Å². The van der Waals surface area contributed by atoms with Gasteiger partial charge in [0, 0.05) is 10.5 Å². The van der Waals surface area contributed by atoms with Crippen molar-refractivity contribution in [3.05, 3.63) is 69.4 Å². The summed E-state index contributed by atoms with van der Waals surface area (Å²) in [4.78, 5) is 0. The van der Waals surface area contributed by atoms with Crippen LogP contribution in [0.4, 0.5) is 4.39 Å². The van der Waals surface area contributed by atoms with Gasteiger partial charge in [-0.1, -0.05) is 51.8 Å². The minimum Gasteiger partial charge on any atom is -0.317 e. The number of hydrogen-bond acceptors (Lipinski definition) is 1. The first kappa shape index (κ1) is 16.2. The van der Waals surface area contributed by atoms with Crippen molar-refractivity contribution in [3.63, 3.8) is 0 Å². The zero-order chi connectivity index (χ0) is 15.2. The van der Waals surface area contributed by atoms with Crippen molar-refractivity contribution in [1.29, 1.82) is 0 Å². The third-order valence-electron chi connectivity index (χ3n) is 3.75. The Kier molecular flexibility index (Phi) is 5.95. The van der Waals surface area contributed by atoms with Crippen molar-refractivity contribution in [1.82, 2.24) is 5.32 Å². The molecule has 0 heterocycles. The Morgan fingerprint density at radius 1 is 1.19 bits per heavy atom. The molecular weight excluding hydrogens is 329 g/mol. The van der Waals surface area contributed by atoms with E-state index >= 15 is 0 Å². The average Bonchev–Trinajstić information content (AvgIpc) is 2.45. The van der Waals surface area contributed by atoms with E-state index in [0.717, 1.165) is 29.3 Å². The lowest BCUT2D eigenvalue weighted by molar-refractivity contribution is 0.518. The Labute approximate surface area is 134 Å². The monoisotopic (exact) mass is 349 g/mol. The molecule has 2 aromatic rings. The first-order chi connectivity index (χ1) is 10.1. The molecule has 2 aromatic carbocycles. The Hall–Kier alpha value is -1.19. The van der Waals surface area contributed by atoms with Crippen LogP contribution in [0.25, 0.3) is 0 Å². The molecule has 2 rings (SSSR count). The molecule has 3 heteroatoms. The quantitative estimate of drug-likeness (QED) is 0.799. The summed E-state index contributed by atoms with van der Waals surface area (Å²) in [5, 5.41) is 3.36. The fourth-order valence-electron chi connectivity index (χ4n) is 2.51. The van der Waals surface area contributed by atoms with Crippen LogP contribution in [0.15, 0.2) is 46.9 Å². The maximum Gasteiger partial charge on any atom is 0.124 e. The fourth-order valence-corrected chi connectivity index (χ4v) is 3.02. The lowest BCUT2D eigenvalue weighted by atomic mass is 9.98. The van der Waals surface area contributed by atoms with E-state index in [2.05, 4.69) is 52.4 Å². The van der Waals surface area contributed by atoms with Gasteiger partial charge in [-0.05, 0) is 56.5 Å². The molecule has 0 saturated heterocycles. The van der Waals surface area contributed by atoms with Crippen LogP contribution in [0.5, 0.6) is 0 Å². The van der Waals surface area contributed by atoms with Gasteiger partial charge in [-0.25, -0.2) is 4.39 Å². The highest BCUT2D eigenvalue weighted by molar-refractivity contribution is 9.10. The van der Waals surface area contributed by atoms with Gasteiger partial charge in [-0.2, -0.15) is 0 Å². The van der Waals surface area contributed by atoms with Crippen molar-refractivity contribution >= 4 is 15.9 Å². The molecular formula is C18H21BrFN. The highest BCUT2D eigenvalue weighted by Gasteiger charge is 2.10. The molecule has 0 aliphatic heterocycles. The number of hydrogen-bond donors (Lipinski definition) is 1. The van der Waals surface area contributed by atoms with Gasteiger partial charge in [-0.15, -0.1) is 0 Å². The second kappa shape index (κ2) is 7.71. The molecule has 0 fully saturated rings. The molecule has 1 N–H and O–H groups in total. The van der Waals surface area contributed by atoms with Crippen LogP contribution in [-0.2, 0) is 12.8 Å². The van der Waals surface area contributed by atoms with Crippen LogP contribution in [0.3, 0.4) is 0 Å².